The fourth-order valence-corrected chi connectivity index (χ4v) is 1.98. The summed E-state index contributed by atoms with van der Waals surface area (Å²) in [4.78, 5) is 1.71. The van der Waals surface area contributed by atoms with Gasteiger partial charge < -0.3 is 15.8 Å². The molecule has 0 bridgehead atoms. The van der Waals surface area contributed by atoms with Crippen molar-refractivity contribution in [1.82, 2.24) is 4.90 Å². The summed E-state index contributed by atoms with van der Waals surface area (Å²) in [6.07, 6.45) is 0. The lowest BCUT2D eigenvalue weighted by Crippen LogP contribution is -2.45. The number of hydrogen-bond acceptors (Lipinski definition) is 3. The Hall–Kier alpha value is -0.780. The van der Waals surface area contributed by atoms with Crippen molar-refractivity contribution in [3.05, 3.63) is 0 Å². The first-order chi connectivity index (χ1) is 5.24. The molecule has 64 valence electrons. The van der Waals surface area contributed by atoms with Crippen LogP contribution in [-0.4, -0.2) is 44.9 Å². The number of hydrogen-bond donors (Lipinski definition) is 2. The molecule has 0 saturated carbocycles. The van der Waals surface area contributed by atoms with Crippen LogP contribution in [0.3, 0.4) is 0 Å². The Morgan fingerprint density at radius 1 is 1.55 bits per heavy atom. The summed E-state index contributed by atoms with van der Waals surface area (Å²) in [6, 6.07) is 0. The minimum Gasteiger partial charge on any atom is -0.408 e. The van der Waals surface area contributed by atoms with Crippen LogP contribution in [0.2, 0.25) is 0 Å². The van der Waals surface area contributed by atoms with Gasteiger partial charge in [-0.2, -0.15) is 0 Å². The fourth-order valence-electron chi connectivity index (χ4n) is 0.930. The monoisotopic (exact) mass is 177 g/mol. The predicted molar refractivity (Wildman–Crippen MR) is 42.9 cm³/mol. The van der Waals surface area contributed by atoms with E-state index in [9.17, 15) is 4.21 Å². The standard InChI is InChI=1S/C5H11N3O2S/c6-5(7-9)8-1-3-11(10)4-2-8/h9H,1-4H2,(H2,6,7). The van der Waals surface area contributed by atoms with Crippen molar-refractivity contribution in [2.75, 3.05) is 24.6 Å². The lowest BCUT2D eigenvalue weighted by molar-refractivity contribution is 0.301. The van der Waals surface area contributed by atoms with Gasteiger partial charge in [-0.25, -0.2) is 0 Å². The highest BCUT2D eigenvalue weighted by Gasteiger charge is 2.16. The fraction of sp³-hybridized carbons (Fsp3) is 0.800. The highest BCUT2D eigenvalue weighted by Crippen LogP contribution is 1.98. The third-order valence-electron chi connectivity index (χ3n) is 1.60. The van der Waals surface area contributed by atoms with Crippen LogP contribution in [0.1, 0.15) is 0 Å². The largest absolute Gasteiger partial charge is 0.408 e. The summed E-state index contributed by atoms with van der Waals surface area (Å²) < 4.78 is 10.9. The van der Waals surface area contributed by atoms with Crippen LogP contribution in [-0.2, 0) is 10.8 Å². The molecule has 5 nitrogen and oxygen atoms in total. The van der Waals surface area contributed by atoms with E-state index in [0.717, 1.165) is 0 Å². The Morgan fingerprint density at radius 2 is 2.09 bits per heavy atom. The van der Waals surface area contributed by atoms with Crippen molar-refractivity contribution in [3.63, 3.8) is 0 Å². The summed E-state index contributed by atoms with van der Waals surface area (Å²) in [7, 11) is -0.713. The molecule has 0 atom stereocenters. The first-order valence-corrected chi connectivity index (χ1v) is 4.80. The number of nitrogens with zero attached hydrogens (tertiary/aromatic N) is 2. The van der Waals surface area contributed by atoms with E-state index in [1.54, 1.807) is 4.90 Å². The molecule has 0 aliphatic carbocycles. The molecule has 0 aromatic carbocycles. The lowest BCUT2D eigenvalue weighted by Gasteiger charge is -2.25. The van der Waals surface area contributed by atoms with Gasteiger partial charge in [0.25, 0.3) is 0 Å². The van der Waals surface area contributed by atoms with E-state index >= 15 is 0 Å². The van der Waals surface area contributed by atoms with Crippen LogP contribution in [0, 0.1) is 0 Å². The number of oxime groups is 1. The normalized spacial score (nSPS) is 22.2. The second kappa shape index (κ2) is 3.56. The zero-order chi connectivity index (χ0) is 8.27. The first kappa shape index (κ1) is 8.32. The first-order valence-electron chi connectivity index (χ1n) is 3.31. The smallest absolute Gasteiger partial charge is 0.233 e. The second-order valence-corrected chi connectivity index (χ2v) is 3.99. The number of rotatable bonds is 0. The van der Waals surface area contributed by atoms with E-state index in [1.807, 2.05) is 0 Å². The lowest BCUT2D eigenvalue weighted by atomic mass is 10.5. The Kier molecular flexibility index (Phi) is 2.70. The maximum Gasteiger partial charge on any atom is 0.233 e. The molecule has 0 aromatic rings. The number of nitrogens with two attached hydrogens (primary N) is 1. The molecule has 0 radical (unpaired) electrons. The summed E-state index contributed by atoms with van der Waals surface area (Å²) in [5.41, 5.74) is 5.32. The Balaban J connectivity index is 2.45. The SMILES string of the molecule is N/C(=N\O)N1CCS(=O)CC1. The maximum absolute atomic E-state index is 10.9. The molecule has 1 rings (SSSR count). The molecule has 0 aromatic heterocycles. The maximum atomic E-state index is 10.9. The van der Waals surface area contributed by atoms with Gasteiger partial charge in [0.1, 0.15) is 0 Å². The van der Waals surface area contributed by atoms with Crippen molar-refractivity contribution < 1.29 is 9.42 Å². The van der Waals surface area contributed by atoms with Crippen LogP contribution in [0.5, 0.6) is 0 Å². The minimum atomic E-state index is -0.713. The van der Waals surface area contributed by atoms with Gasteiger partial charge in [-0.1, -0.05) is 5.16 Å². The molecular weight excluding hydrogens is 166 g/mol. The topological polar surface area (TPSA) is 78.9 Å². The van der Waals surface area contributed by atoms with Crippen molar-refractivity contribution in [3.8, 4) is 0 Å². The zero-order valence-corrected chi connectivity index (χ0v) is 6.88. The molecule has 11 heavy (non-hydrogen) atoms. The zero-order valence-electron chi connectivity index (χ0n) is 6.06. The van der Waals surface area contributed by atoms with E-state index in [2.05, 4.69) is 5.16 Å². The van der Waals surface area contributed by atoms with Crippen LogP contribution in [0.4, 0.5) is 0 Å². The van der Waals surface area contributed by atoms with E-state index in [1.165, 1.54) is 0 Å². The van der Waals surface area contributed by atoms with Gasteiger partial charge in [-0.05, 0) is 0 Å². The molecule has 0 unspecified atom stereocenters. The van der Waals surface area contributed by atoms with Crippen LogP contribution in [0.15, 0.2) is 5.16 Å². The molecule has 1 aliphatic heterocycles. The summed E-state index contributed by atoms with van der Waals surface area (Å²) in [6.45, 7) is 1.23. The molecule has 0 spiro atoms. The highest BCUT2D eigenvalue weighted by molar-refractivity contribution is 7.85. The van der Waals surface area contributed by atoms with E-state index in [4.69, 9.17) is 10.9 Å². The Morgan fingerprint density at radius 3 is 2.55 bits per heavy atom. The Labute approximate surface area is 67.3 Å². The molecule has 0 amide bonds. The van der Waals surface area contributed by atoms with Gasteiger partial charge in [-0.15, -0.1) is 0 Å². The van der Waals surface area contributed by atoms with Crippen molar-refractivity contribution in [2.45, 2.75) is 0 Å². The van der Waals surface area contributed by atoms with E-state index < -0.39 is 10.8 Å². The molecule has 1 saturated heterocycles. The number of guanidine groups is 1. The van der Waals surface area contributed by atoms with Crippen LogP contribution < -0.4 is 5.73 Å². The highest BCUT2D eigenvalue weighted by atomic mass is 32.2. The molecule has 6 heteroatoms. The van der Waals surface area contributed by atoms with Crippen LogP contribution >= 0.6 is 0 Å². The van der Waals surface area contributed by atoms with Crippen LogP contribution in [0.25, 0.3) is 0 Å². The molecular formula is C5H11N3O2S. The average Bonchev–Trinajstić information content (AvgIpc) is 2.05. The van der Waals surface area contributed by atoms with Crippen molar-refractivity contribution in [1.29, 1.82) is 0 Å². The Bertz CT molecular complexity index is 184. The summed E-state index contributed by atoms with van der Waals surface area (Å²) >= 11 is 0. The van der Waals surface area contributed by atoms with Gasteiger partial charge in [0.05, 0.1) is 0 Å². The summed E-state index contributed by atoms with van der Waals surface area (Å²) in [5, 5.41) is 11.2. The van der Waals surface area contributed by atoms with Crippen molar-refractivity contribution in [2.24, 2.45) is 10.9 Å². The second-order valence-electron chi connectivity index (χ2n) is 2.29. The van der Waals surface area contributed by atoms with Crippen molar-refractivity contribution >= 4 is 16.8 Å². The van der Waals surface area contributed by atoms with Gasteiger partial charge in [0, 0.05) is 35.4 Å². The third kappa shape index (κ3) is 2.07. The molecule has 1 aliphatic rings. The summed E-state index contributed by atoms with van der Waals surface area (Å²) in [5.74, 6) is 1.33. The van der Waals surface area contributed by atoms with Gasteiger partial charge in [-0.3, -0.25) is 4.21 Å². The molecule has 1 fully saturated rings. The van der Waals surface area contributed by atoms with E-state index in [-0.39, 0.29) is 5.96 Å². The molecule has 3 N–H and O–H groups in total. The molecule has 1 heterocycles. The van der Waals surface area contributed by atoms with Gasteiger partial charge >= 0.3 is 0 Å². The minimum absolute atomic E-state index is 0.113. The third-order valence-corrected chi connectivity index (χ3v) is 2.88. The quantitative estimate of drug-likeness (QED) is 0.210. The van der Waals surface area contributed by atoms with Gasteiger partial charge in [0.15, 0.2) is 0 Å². The average molecular weight is 177 g/mol. The predicted octanol–water partition coefficient (Wildman–Crippen LogP) is -1.25. The van der Waals surface area contributed by atoms with E-state index in [0.29, 0.717) is 24.6 Å². The van der Waals surface area contributed by atoms with Gasteiger partial charge in [0.2, 0.25) is 5.96 Å².